The monoisotopic (exact) mass is 394 g/mol. The van der Waals surface area contributed by atoms with Crippen LogP contribution in [0.2, 0.25) is 0 Å². The predicted octanol–water partition coefficient (Wildman–Crippen LogP) is 4.03. The van der Waals surface area contributed by atoms with Gasteiger partial charge in [0.1, 0.15) is 11.9 Å². The van der Waals surface area contributed by atoms with Crippen LogP contribution in [0.15, 0.2) is 24.3 Å². The fourth-order valence-corrected chi connectivity index (χ4v) is 3.63. The molecule has 2 fully saturated rings. The molecular weight excluding hydrogens is 364 g/mol. The van der Waals surface area contributed by atoms with E-state index in [0.717, 1.165) is 19.3 Å². The molecule has 1 aliphatic heterocycles. The molecule has 28 heavy (non-hydrogen) atoms. The molecule has 0 unspecified atom stereocenters. The third-order valence-corrected chi connectivity index (χ3v) is 5.31. The largest absolute Gasteiger partial charge is 0.514 e. The lowest BCUT2D eigenvalue weighted by Gasteiger charge is -2.17. The Hall–Kier alpha value is -2.19. The molecule has 0 bridgehead atoms. The number of fused-ring (bicyclic) bond motifs is 1. The SMILES string of the molecule is CCN(CC)CC.O=C(Oc1ccc([N+](=O)[O-])cc1)O[C@H]1CC[C@H]2OCC[C@@H]12. The van der Waals surface area contributed by atoms with Gasteiger partial charge < -0.3 is 19.1 Å². The quantitative estimate of drug-likeness (QED) is 0.311. The number of nitro groups is 1. The van der Waals surface area contributed by atoms with Gasteiger partial charge in [0.05, 0.1) is 11.0 Å². The van der Waals surface area contributed by atoms with E-state index in [9.17, 15) is 14.9 Å². The minimum absolute atomic E-state index is 0.0579. The van der Waals surface area contributed by atoms with Crippen LogP contribution in [0.3, 0.4) is 0 Å². The smallest absolute Gasteiger partial charge is 0.430 e. The number of rotatable bonds is 6. The highest BCUT2D eigenvalue weighted by atomic mass is 16.7. The van der Waals surface area contributed by atoms with Gasteiger partial charge in [0.15, 0.2) is 0 Å². The van der Waals surface area contributed by atoms with Gasteiger partial charge in [-0.25, -0.2) is 4.79 Å². The first kappa shape index (κ1) is 22.1. The van der Waals surface area contributed by atoms with Crippen LogP contribution < -0.4 is 4.74 Å². The summed E-state index contributed by atoms with van der Waals surface area (Å²) in [4.78, 5) is 24.2. The second-order valence-electron chi connectivity index (χ2n) is 6.82. The van der Waals surface area contributed by atoms with E-state index >= 15 is 0 Å². The molecule has 8 heteroatoms. The first-order valence-corrected chi connectivity index (χ1v) is 9.95. The number of nitro benzene ring substituents is 1. The average molecular weight is 394 g/mol. The molecule has 1 aromatic rings. The summed E-state index contributed by atoms with van der Waals surface area (Å²) in [5, 5.41) is 10.5. The molecule has 0 spiro atoms. The molecule has 8 nitrogen and oxygen atoms in total. The van der Waals surface area contributed by atoms with Gasteiger partial charge in [-0.3, -0.25) is 10.1 Å². The molecule has 1 aliphatic carbocycles. The van der Waals surface area contributed by atoms with Crippen molar-refractivity contribution in [1.82, 2.24) is 4.90 Å². The van der Waals surface area contributed by atoms with Crippen molar-refractivity contribution < 1.29 is 23.9 Å². The number of non-ortho nitro benzene ring substituents is 1. The summed E-state index contributed by atoms with van der Waals surface area (Å²) in [7, 11) is 0. The van der Waals surface area contributed by atoms with Crippen molar-refractivity contribution in [2.45, 2.75) is 52.2 Å². The second kappa shape index (κ2) is 11.0. The molecule has 0 amide bonds. The Labute approximate surface area is 165 Å². The van der Waals surface area contributed by atoms with Gasteiger partial charge in [0.2, 0.25) is 0 Å². The first-order chi connectivity index (χ1) is 13.5. The van der Waals surface area contributed by atoms with Gasteiger partial charge in [0.25, 0.3) is 5.69 Å². The Kier molecular flexibility index (Phi) is 8.66. The van der Waals surface area contributed by atoms with Crippen molar-refractivity contribution in [2.75, 3.05) is 26.2 Å². The van der Waals surface area contributed by atoms with E-state index in [1.54, 1.807) is 0 Å². The maximum Gasteiger partial charge on any atom is 0.514 e. The van der Waals surface area contributed by atoms with E-state index in [4.69, 9.17) is 14.2 Å². The average Bonchev–Trinajstić information content (AvgIpc) is 3.29. The lowest BCUT2D eigenvalue weighted by Crippen LogP contribution is -2.26. The van der Waals surface area contributed by atoms with Crippen LogP contribution >= 0.6 is 0 Å². The molecule has 0 radical (unpaired) electrons. The van der Waals surface area contributed by atoms with Crippen LogP contribution in [0.4, 0.5) is 10.5 Å². The third kappa shape index (κ3) is 6.17. The van der Waals surface area contributed by atoms with E-state index in [1.807, 2.05) is 0 Å². The van der Waals surface area contributed by atoms with E-state index in [0.29, 0.717) is 6.61 Å². The van der Waals surface area contributed by atoms with Gasteiger partial charge in [-0.05, 0) is 51.0 Å². The standard InChI is InChI=1S/C14H15NO6.C6H15N/c16-14(20-10-3-1-9(2-4-10)15(17)18)21-13-6-5-12-11(13)7-8-19-12;1-4-7(5-2)6-3/h1-4,11-13H,5-8H2;4-6H2,1-3H3/t11-,12-,13+;/m1./s1. The number of carbonyl (C=O) groups is 1. The molecule has 3 atom stereocenters. The molecule has 1 aromatic carbocycles. The summed E-state index contributed by atoms with van der Waals surface area (Å²) < 4.78 is 15.9. The fourth-order valence-electron chi connectivity index (χ4n) is 3.63. The Balaban J connectivity index is 0.000000345. The molecule has 0 aromatic heterocycles. The summed E-state index contributed by atoms with van der Waals surface area (Å²) >= 11 is 0. The second-order valence-corrected chi connectivity index (χ2v) is 6.82. The lowest BCUT2D eigenvalue weighted by molar-refractivity contribution is -0.384. The van der Waals surface area contributed by atoms with Crippen LogP contribution in [0.25, 0.3) is 0 Å². The Morgan fingerprint density at radius 3 is 2.32 bits per heavy atom. The lowest BCUT2D eigenvalue weighted by atomic mass is 10.0. The summed E-state index contributed by atoms with van der Waals surface area (Å²) in [6, 6.07) is 5.29. The van der Waals surface area contributed by atoms with Crippen molar-refractivity contribution >= 4 is 11.8 Å². The van der Waals surface area contributed by atoms with Crippen molar-refractivity contribution in [1.29, 1.82) is 0 Å². The molecule has 1 saturated heterocycles. The highest BCUT2D eigenvalue weighted by molar-refractivity contribution is 5.64. The van der Waals surface area contributed by atoms with Crippen molar-refractivity contribution in [3.8, 4) is 5.75 Å². The van der Waals surface area contributed by atoms with Crippen LogP contribution in [-0.4, -0.2) is 54.4 Å². The van der Waals surface area contributed by atoms with Crippen LogP contribution in [0, 0.1) is 16.0 Å². The van der Waals surface area contributed by atoms with E-state index in [2.05, 4.69) is 25.7 Å². The number of carbonyl (C=O) groups excluding carboxylic acids is 1. The van der Waals surface area contributed by atoms with E-state index in [-0.39, 0.29) is 29.6 Å². The molecule has 2 aliphatic rings. The van der Waals surface area contributed by atoms with Gasteiger partial charge >= 0.3 is 6.16 Å². The minimum Gasteiger partial charge on any atom is -0.430 e. The predicted molar refractivity (Wildman–Crippen MR) is 105 cm³/mol. The van der Waals surface area contributed by atoms with Crippen LogP contribution in [-0.2, 0) is 9.47 Å². The van der Waals surface area contributed by atoms with Gasteiger partial charge in [-0.1, -0.05) is 20.8 Å². The van der Waals surface area contributed by atoms with Gasteiger partial charge in [-0.15, -0.1) is 0 Å². The minimum atomic E-state index is -0.776. The van der Waals surface area contributed by atoms with Gasteiger partial charge in [0, 0.05) is 24.7 Å². The Bertz CT molecular complexity index is 627. The highest BCUT2D eigenvalue weighted by Gasteiger charge is 2.42. The molecule has 0 N–H and O–H groups in total. The summed E-state index contributed by atoms with van der Waals surface area (Å²) in [6.45, 7) is 10.8. The fraction of sp³-hybridized carbons (Fsp3) is 0.650. The molecular formula is C20H30N2O6. The molecule has 3 rings (SSSR count). The van der Waals surface area contributed by atoms with Crippen molar-refractivity contribution in [3.63, 3.8) is 0 Å². The third-order valence-electron chi connectivity index (χ3n) is 5.31. The van der Waals surface area contributed by atoms with Crippen molar-refractivity contribution in [2.24, 2.45) is 5.92 Å². The number of hydrogen-bond acceptors (Lipinski definition) is 7. The van der Waals surface area contributed by atoms with Gasteiger partial charge in [-0.2, -0.15) is 0 Å². The zero-order chi connectivity index (χ0) is 20.5. The van der Waals surface area contributed by atoms with E-state index < -0.39 is 11.1 Å². The first-order valence-electron chi connectivity index (χ1n) is 9.95. The molecule has 1 saturated carbocycles. The van der Waals surface area contributed by atoms with Crippen molar-refractivity contribution in [3.05, 3.63) is 34.4 Å². The van der Waals surface area contributed by atoms with Crippen LogP contribution in [0.5, 0.6) is 5.75 Å². The maximum atomic E-state index is 11.8. The normalized spacial score (nSPS) is 22.9. The van der Waals surface area contributed by atoms with E-state index in [1.165, 1.54) is 43.9 Å². The zero-order valence-electron chi connectivity index (χ0n) is 16.8. The topological polar surface area (TPSA) is 91.1 Å². The molecule has 156 valence electrons. The van der Waals surface area contributed by atoms with Crippen LogP contribution in [0.1, 0.15) is 40.0 Å². The summed E-state index contributed by atoms with van der Waals surface area (Å²) in [6.07, 6.45) is 1.84. The number of benzene rings is 1. The number of nitrogens with zero attached hydrogens (tertiary/aromatic N) is 2. The summed E-state index contributed by atoms with van der Waals surface area (Å²) in [5.74, 6) is 0.484. The maximum absolute atomic E-state index is 11.8. The number of ether oxygens (including phenoxy) is 3. The number of hydrogen-bond donors (Lipinski definition) is 0. The summed E-state index contributed by atoms with van der Waals surface area (Å²) in [5.41, 5.74) is -0.0579. The Morgan fingerprint density at radius 2 is 1.79 bits per heavy atom. The highest BCUT2D eigenvalue weighted by Crippen LogP contribution is 2.38. The zero-order valence-corrected chi connectivity index (χ0v) is 16.8. The molecule has 1 heterocycles. The Morgan fingerprint density at radius 1 is 1.14 bits per heavy atom.